The molecule has 0 unspecified atom stereocenters. The maximum absolute atomic E-state index is 13.2. The Morgan fingerprint density at radius 1 is 0.514 bits per heavy atom. The number of hydrogen-bond donors (Lipinski definition) is 20. The quantitative estimate of drug-likeness (QED) is 0.0207. The fraction of sp³-hybridized carbons (Fsp3) is 0.577. The molecule has 5 aliphatic heterocycles. The molecule has 53 heteroatoms. The van der Waals surface area contributed by atoms with Crippen LogP contribution in [0.5, 0.6) is 0 Å². The highest BCUT2D eigenvalue weighted by Crippen LogP contribution is 2.47. The summed E-state index contributed by atoms with van der Waals surface area (Å²) in [5.74, 6) is -4.94. The highest BCUT2D eigenvalue weighted by atomic mass is 19.3. The molecule has 0 radical (unpaired) electrons. The second-order valence-corrected chi connectivity index (χ2v) is 22.9. The van der Waals surface area contributed by atoms with E-state index in [1.807, 2.05) is 9.97 Å². The molecule has 105 heavy (non-hydrogen) atoms. The van der Waals surface area contributed by atoms with E-state index in [2.05, 4.69) is 71.7 Å². The average Bonchev–Trinajstić information content (AvgIpc) is 1.63. The van der Waals surface area contributed by atoms with Crippen molar-refractivity contribution in [3.05, 3.63) is 157 Å². The van der Waals surface area contributed by atoms with Gasteiger partial charge in [0.25, 0.3) is 45.3 Å². The lowest BCUT2D eigenvalue weighted by molar-refractivity contribution is -0.128. The van der Waals surface area contributed by atoms with Gasteiger partial charge in [-0.05, 0) is 18.6 Å². The van der Waals surface area contributed by atoms with Gasteiger partial charge in [0.1, 0.15) is 122 Å². The predicted molar refractivity (Wildman–Crippen MR) is 332 cm³/mol. The number of aromatic amines is 3. The van der Waals surface area contributed by atoms with E-state index in [9.17, 15) is 103 Å². The number of aliphatic hydroxyl groups is 10. The van der Waals surface area contributed by atoms with E-state index in [-0.39, 0.29) is 11.6 Å². The third kappa shape index (κ3) is 16.8. The molecular weight excluding hydrogens is 1430 g/mol. The minimum atomic E-state index is -3.13. The maximum Gasteiger partial charge on any atom is 0.351 e. The first-order chi connectivity index (χ1) is 49.8. The molecule has 20 atom stereocenters. The molecule has 10 heterocycles. The van der Waals surface area contributed by atoms with E-state index in [0.29, 0.717) is 11.0 Å². The molecule has 568 valence electrons. The van der Waals surface area contributed by atoms with E-state index in [1.54, 1.807) is 13.8 Å². The van der Waals surface area contributed by atoms with Crippen LogP contribution in [-0.4, -0.2) is 204 Å². The highest BCUT2D eigenvalue weighted by molar-refractivity contribution is 5.25. The number of alkyl halides is 3. The van der Waals surface area contributed by atoms with Crippen molar-refractivity contribution in [3.8, 4) is 0 Å². The summed E-state index contributed by atoms with van der Waals surface area (Å²) in [5.41, 5.74) is 28.9. The van der Waals surface area contributed by atoms with Crippen molar-refractivity contribution >= 4 is 11.6 Å². The number of ether oxygens (including phenoxy) is 5. The molecule has 5 aliphatic rings. The summed E-state index contributed by atoms with van der Waals surface area (Å²) < 4.78 is 71.4. The summed E-state index contributed by atoms with van der Waals surface area (Å²) in [6.45, 7) is 1.91. The van der Waals surface area contributed by atoms with Crippen molar-refractivity contribution in [2.24, 2.45) is 55.2 Å². The summed E-state index contributed by atoms with van der Waals surface area (Å²) in [6.07, 6.45) is -8.65. The molecule has 50 nitrogen and oxygen atoms in total. The van der Waals surface area contributed by atoms with Gasteiger partial charge in [-0.2, -0.15) is 9.97 Å². The molecule has 0 amide bonds. The third-order valence-electron chi connectivity index (χ3n) is 16.9. The van der Waals surface area contributed by atoms with Crippen molar-refractivity contribution in [2.75, 3.05) is 51.2 Å². The number of aromatic nitrogens is 10. The lowest BCUT2D eigenvalue weighted by Crippen LogP contribution is -2.44. The van der Waals surface area contributed by atoms with Gasteiger partial charge in [-0.3, -0.25) is 56.6 Å². The Morgan fingerprint density at radius 2 is 0.829 bits per heavy atom. The molecular formula is C52H71F3N27O23+5. The summed E-state index contributed by atoms with van der Waals surface area (Å²) in [7, 11) is 0. The number of halogens is 3. The third-order valence-corrected chi connectivity index (χ3v) is 16.9. The molecule has 5 fully saturated rings. The van der Waals surface area contributed by atoms with Crippen LogP contribution in [0.25, 0.3) is 0 Å². The zero-order valence-corrected chi connectivity index (χ0v) is 54.4. The van der Waals surface area contributed by atoms with Crippen LogP contribution in [0.3, 0.4) is 0 Å². The monoisotopic (exact) mass is 1500 g/mol. The zero-order chi connectivity index (χ0) is 78.3. The van der Waals surface area contributed by atoms with E-state index in [1.165, 1.54) is 41.4 Å². The van der Waals surface area contributed by atoms with Gasteiger partial charge in [0, 0.05) is 61.0 Å². The first-order valence-corrected chi connectivity index (χ1v) is 30.1. The number of H-pyrrole nitrogens is 3. The van der Waals surface area contributed by atoms with Gasteiger partial charge < -0.3 is 86.2 Å². The lowest BCUT2D eigenvalue weighted by atomic mass is 9.94. The summed E-state index contributed by atoms with van der Waals surface area (Å²) in [4.78, 5) is 119. The number of hydrogen-bond acceptors (Lipinski definition) is 37. The number of aliphatic hydroxyl groups excluding tert-OH is 10. The van der Waals surface area contributed by atoms with Crippen LogP contribution in [0.1, 0.15) is 51.4 Å². The molecule has 10 rings (SSSR count). The standard InChI is InChI=1S/C11H16N6O4.C11H14N6O4.C10H11F2N5O5.C10H12FN5O5.C10H13N5O5/c2*1-2-6-8(19)11(5-18,15-16-13)21-9(6)17-4-3-7(12)14-10(17)20;11-7(12)5-6(20)10(3-18,15-16-13)22-8(5)17-2-1-4(19)14-9(17)21;11-3-5-7(19)10(4-17,14-15-12)21-8(5)16-2-1-6(18)13-9(16)20;1-5-7(18)10(4-16,13-14-11)20-8(5)15-3-2-6(17)12-9(15)19/h3-4,6,8-9,13,18-19H,2,5H2,1H3,(H-,12,14,20);2-4,6,8-9,13,18-19H,1,5H2,(H-,12,14,20);1-2,5-8,13,18,20H,3H2;1-2,5,7-8,12,17,19H,3-4H2;2-3,5,7-8,11,16,18H,4H2,1H3/p+5/t2*6-,8-,9+,11+;5-,6+,8-,10-;2*5-,7-,8+,10+/m00100/s1. The van der Waals surface area contributed by atoms with E-state index >= 15 is 0 Å². The van der Waals surface area contributed by atoms with Crippen LogP contribution in [0.15, 0.2) is 138 Å². The second kappa shape index (κ2) is 34.9. The molecule has 0 spiro atoms. The number of anilines is 2. The van der Waals surface area contributed by atoms with Gasteiger partial charge in [-0.15, -0.1) is 6.58 Å². The Morgan fingerprint density at radius 3 is 1.18 bits per heavy atom. The first-order valence-electron chi connectivity index (χ1n) is 30.1. The molecule has 5 aromatic rings. The first kappa shape index (κ1) is 82.8. The van der Waals surface area contributed by atoms with Gasteiger partial charge in [0.15, 0.2) is 38.0 Å². The van der Waals surface area contributed by atoms with Gasteiger partial charge in [-0.25, -0.2) is 32.8 Å². The summed E-state index contributed by atoms with van der Waals surface area (Å²) in [6, 6.07) is 5.88. The molecule has 5 aromatic heterocycles. The Hall–Kier alpha value is -11.1. The Labute approximate surface area is 579 Å². The molecule has 0 aromatic carbocycles. The Bertz CT molecular complexity index is 4690. The van der Waals surface area contributed by atoms with E-state index in [4.69, 9.17) is 62.8 Å². The van der Waals surface area contributed by atoms with Gasteiger partial charge in [0.2, 0.25) is 31.0 Å². The smallest absolute Gasteiger partial charge is 0.351 e. The SMILES string of the molecule is C=C[C@@H]1[C@H](n2ccc(N)nc2=O)O[C@@](CO)(N=[N+]=N)[C@H]1O.CC[C@@H]1[C@H](n2ccc(N)nc2=O)O[C@@](CO)(N=[N+]=N)[C@H]1O.C[C@@H]1[C@H](n2ccc(=O)[nH]c2=O)O[C@@](CO)(N=[N+]=N)[C@H]1O.N=[N+]=N[C@]1(CO)O[C@@H](n2ccc(=O)[nH]c2=O)[C@@H](C(F)F)[C@@H]1O.N=[N+]=N[C@]1(CO)O[C@@H](n2ccc(=O)[nH]c2=O)[C@@H](CF)[C@@H]1O. The minimum absolute atomic E-state index is 0.0456. The maximum atomic E-state index is 13.2. The topological polar surface area (TPSA) is 786 Å². The number of nitrogen functional groups attached to an aromatic ring is 2. The van der Waals surface area contributed by atoms with E-state index in [0.717, 1.165) is 44.3 Å². The van der Waals surface area contributed by atoms with Crippen molar-refractivity contribution in [2.45, 2.75) is 117 Å². The van der Waals surface area contributed by atoms with Crippen LogP contribution >= 0.6 is 0 Å². The van der Waals surface area contributed by atoms with Gasteiger partial charge in [0.05, 0.1) is 24.4 Å². The fourth-order valence-corrected chi connectivity index (χ4v) is 11.5. The zero-order valence-electron chi connectivity index (χ0n) is 54.4. The molecule has 0 saturated carbocycles. The Balaban J connectivity index is 0.000000206. The van der Waals surface area contributed by atoms with Crippen LogP contribution < -0.4 is 81.2 Å². The number of nitrogens with zero attached hydrogens (tertiary/aromatic N) is 17. The van der Waals surface area contributed by atoms with Crippen LogP contribution in [0, 0.1) is 57.2 Å². The van der Waals surface area contributed by atoms with Crippen molar-refractivity contribution < 1.29 is 87.9 Å². The van der Waals surface area contributed by atoms with Crippen LogP contribution in [0.2, 0.25) is 0 Å². The van der Waals surface area contributed by atoms with Gasteiger partial charge in [-0.1, -0.05) is 19.9 Å². The highest BCUT2D eigenvalue weighted by Gasteiger charge is 2.64. The Kier molecular flexibility index (Phi) is 27.5. The van der Waals surface area contributed by atoms with E-state index < -0.39 is 211 Å². The molecule has 22 N–H and O–H groups in total. The predicted octanol–water partition coefficient (Wildman–Crippen LogP) is -7.16. The number of nitrogens with one attached hydrogen (secondary N) is 8. The van der Waals surface area contributed by atoms with Gasteiger partial charge >= 0.3 is 28.4 Å². The normalized spacial score (nSPS) is 31.9. The van der Waals surface area contributed by atoms with Crippen molar-refractivity contribution in [3.63, 3.8) is 0 Å². The molecule has 0 aliphatic carbocycles. The second-order valence-electron chi connectivity index (χ2n) is 22.9. The largest absolute Gasteiger partial charge is 0.391 e. The molecule has 0 bridgehead atoms. The summed E-state index contributed by atoms with van der Waals surface area (Å²) in [5, 5.41) is 114. The van der Waals surface area contributed by atoms with Crippen LogP contribution in [-0.2, 0) is 23.7 Å². The van der Waals surface area contributed by atoms with Crippen LogP contribution in [0.4, 0.5) is 24.8 Å². The minimum Gasteiger partial charge on any atom is -0.391 e. The molecule has 5 saturated heterocycles. The fourth-order valence-electron chi connectivity index (χ4n) is 11.5. The average molecular weight is 1500 g/mol. The van der Waals surface area contributed by atoms with Crippen molar-refractivity contribution in [1.82, 2.24) is 72.3 Å². The van der Waals surface area contributed by atoms with Crippen molar-refractivity contribution in [1.29, 1.82) is 27.7 Å². The number of rotatable bonds is 19. The lowest BCUT2D eigenvalue weighted by Gasteiger charge is -2.20. The summed E-state index contributed by atoms with van der Waals surface area (Å²) >= 11 is 0. The number of nitrogens with two attached hydrogens (primary N) is 2.